The minimum atomic E-state index is -4.24. The van der Waals surface area contributed by atoms with Crippen molar-refractivity contribution in [3.63, 3.8) is 0 Å². The minimum Gasteiger partial charge on any atom is -0.465 e. The summed E-state index contributed by atoms with van der Waals surface area (Å²) in [6.45, 7) is 3.70. The highest BCUT2D eigenvalue weighted by Crippen LogP contribution is 2.46. The molecule has 2 aromatic heterocycles. The highest BCUT2D eigenvalue weighted by atomic mass is 32.2. The molecule has 0 saturated carbocycles. The number of H-pyrrole nitrogens is 2. The van der Waals surface area contributed by atoms with Gasteiger partial charge in [0.15, 0.2) is 0 Å². The fourth-order valence-corrected chi connectivity index (χ4v) is 8.08. The van der Waals surface area contributed by atoms with E-state index in [9.17, 15) is 21.6 Å². The van der Waals surface area contributed by atoms with E-state index in [0.717, 1.165) is 11.1 Å². The van der Waals surface area contributed by atoms with Crippen LogP contribution in [0.15, 0.2) is 111 Å². The number of para-hydroxylation sites is 1. The van der Waals surface area contributed by atoms with Crippen molar-refractivity contribution in [3.05, 3.63) is 108 Å². The van der Waals surface area contributed by atoms with Crippen LogP contribution in [0.5, 0.6) is 0 Å². The number of esters is 1. The molecule has 0 amide bonds. The molecule has 0 atom stereocenters. The van der Waals surface area contributed by atoms with Gasteiger partial charge < -0.3 is 14.7 Å². The maximum Gasteiger partial charge on any atom is 0.338 e. The summed E-state index contributed by atoms with van der Waals surface area (Å²) in [6.07, 6.45) is 0. The van der Waals surface area contributed by atoms with Gasteiger partial charge in [-0.2, -0.15) is 0 Å². The van der Waals surface area contributed by atoms with Gasteiger partial charge in [-0.1, -0.05) is 59.7 Å². The van der Waals surface area contributed by atoms with E-state index in [0.29, 0.717) is 16.4 Å². The van der Waals surface area contributed by atoms with E-state index in [2.05, 4.69) is 9.97 Å². The van der Waals surface area contributed by atoms with Crippen molar-refractivity contribution in [2.75, 3.05) is 7.11 Å². The molecule has 10 heteroatoms. The molecule has 4 aromatic carbocycles. The maximum atomic E-state index is 14.3. The Kier molecular flexibility index (Phi) is 6.55. The molecule has 6 aromatic rings. The molecule has 0 bridgehead atoms. The van der Waals surface area contributed by atoms with Gasteiger partial charge in [-0.15, -0.1) is 0 Å². The predicted molar refractivity (Wildman–Crippen MR) is 160 cm³/mol. The maximum absolute atomic E-state index is 14.3. The van der Waals surface area contributed by atoms with Crippen molar-refractivity contribution in [3.8, 4) is 11.1 Å². The average Bonchev–Trinajstić information content (AvgIpc) is 3.57. The Morgan fingerprint density at radius 3 is 1.69 bits per heavy atom. The first-order chi connectivity index (χ1) is 20.0. The second-order valence-electron chi connectivity index (χ2n) is 10.1. The number of rotatable bonds is 6. The van der Waals surface area contributed by atoms with E-state index < -0.39 is 25.6 Å². The Morgan fingerprint density at radius 1 is 0.619 bits per heavy atom. The number of carbonyl (C=O) groups is 1. The van der Waals surface area contributed by atoms with Crippen molar-refractivity contribution >= 4 is 47.4 Å². The smallest absolute Gasteiger partial charge is 0.338 e. The molecule has 6 rings (SSSR count). The van der Waals surface area contributed by atoms with Crippen LogP contribution in [0.3, 0.4) is 0 Å². The predicted octanol–water partition coefficient (Wildman–Crippen LogP) is 6.39. The number of ether oxygens (including phenoxy) is 1. The number of aryl methyl sites for hydroxylation is 2. The first-order valence-electron chi connectivity index (χ1n) is 13.0. The van der Waals surface area contributed by atoms with Crippen LogP contribution in [-0.4, -0.2) is 39.9 Å². The quantitative estimate of drug-likeness (QED) is 0.214. The Bertz CT molecular complexity index is 2230. The molecule has 0 spiro atoms. The number of hydrogen-bond donors (Lipinski definition) is 2. The topological polar surface area (TPSA) is 126 Å². The van der Waals surface area contributed by atoms with Crippen LogP contribution < -0.4 is 0 Å². The number of carbonyl (C=O) groups excluding carboxylic acids is 1. The number of aromatic nitrogens is 2. The number of nitrogens with one attached hydrogen (secondary N) is 2. The second-order valence-corrected chi connectivity index (χ2v) is 13.8. The first-order valence-corrected chi connectivity index (χ1v) is 16.0. The van der Waals surface area contributed by atoms with Crippen LogP contribution in [0.2, 0.25) is 0 Å². The zero-order valence-corrected chi connectivity index (χ0v) is 24.6. The molecule has 0 fully saturated rings. The van der Waals surface area contributed by atoms with Gasteiger partial charge in [0.1, 0.15) is 10.1 Å². The van der Waals surface area contributed by atoms with Crippen molar-refractivity contribution in [2.45, 2.75) is 33.7 Å². The van der Waals surface area contributed by atoms with Gasteiger partial charge >= 0.3 is 5.97 Å². The van der Waals surface area contributed by atoms with Crippen molar-refractivity contribution in [1.82, 2.24) is 9.97 Å². The molecule has 0 radical (unpaired) electrons. The molecule has 8 nitrogen and oxygen atoms in total. The fraction of sp³-hybridized carbons (Fsp3) is 0.0938. The molecule has 0 saturated heterocycles. The van der Waals surface area contributed by atoms with Crippen molar-refractivity contribution in [1.29, 1.82) is 0 Å². The highest BCUT2D eigenvalue weighted by Gasteiger charge is 2.35. The van der Waals surface area contributed by atoms with Gasteiger partial charge in [0, 0.05) is 32.9 Å². The Hall–Kier alpha value is -4.67. The van der Waals surface area contributed by atoms with Crippen molar-refractivity contribution in [2.24, 2.45) is 0 Å². The highest BCUT2D eigenvalue weighted by molar-refractivity contribution is 7.92. The SMILES string of the molecule is COC(=O)c1cccc2[nH]c(S(=O)(=O)c3ccc(C)cc3)c(-c3c(S(=O)(=O)c4ccc(C)cc4)[nH]c4ccccc34)c12. The molecule has 0 aliphatic heterocycles. The lowest BCUT2D eigenvalue weighted by molar-refractivity contribution is 0.0603. The molecule has 0 unspecified atom stereocenters. The molecular formula is C32H26N2O6S2. The number of sulfone groups is 2. The summed E-state index contributed by atoms with van der Waals surface area (Å²) in [7, 11) is -7.20. The summed E-state index contributed by atoms with van der Waals surface area (Å²) in [5, 5.41) is 0.292. The van der Waals surface area contributed by atoms with E-state index in [1.165, 1.54) is 37.4 Å². The van der Waals surface area contributed by atoms with E-state index in [4.69, 9.17) is 4.74 Å². The summed E-state index contributed by atoms with van der Waals surface area (Å²) in [5.74, 6) is -0.692. The molecule has 2 heterocycles. The summed E-state index contributed by atoms with van der Waals surface area (Å²) in [6, 6.07) is 24.5. The number of aromatic amines is 2. The third-order valence-corrected chi connectivity index (χ3v) is 10.8. The summed E-state index contributed by atoms with van der Waals surface area (Å²) < 4.78 is 62.1. The van der Waals surface area contributed by atoms with Gasteiger partial charge in [-0.25, -0.2) is 21.6 Å². The zero-order chi connectivity index (χ0) is 29.8. The lowest BCUT2D eigenvalue weighted by Gasteiger charge is -2.11. The summed E-state index contributed by atoms with van der Waals surface area (Å²) in [4.78, 5) is 19.1. The number of fused-ring (bicyclic) bond motifs is 2. The minimum absolute atomic E-state index is 0.0170. The Balaban J connectivity index is 1.80. The Morgan fingerprint density at radius 2 is 1.12 bits per heavy atom. The molecule has 0 aliphatic carbocycles. The van der Waals surface area contributed by atoms with Crippen molar-refractivity contribution < 1.29 is 26.4 Å². The second kappa shape index (κ2) is 10.0. The third kappa shape index (κ3) is 4.31. The molecule has 2 N–H and O–H groups in total. The van der Waals surface area contributed by atoms with Crippen LogP contribution in [-0.2, 0) is 24.4 Å². The normalized spacial score (nSPS) is 12.2. The number of hydrogen-bond acceptors (Lipinski definition) is 6. The van der Waals surface area contributed by atoms with Crippen LogP contribution in [0, 0.1) is 13.8 Å². The molecule has 42 heavy (non-hydrogen) atoms. The first kappa shape index (κ1) is 27.5. The lowest BCUT2D eigenvalue weighted by atomic mass is 10.00. The van der Waals surface area contributed by atoms with Gasteiger partial charge in [-0.05, 0) is 56.3 Å². The van der Waals surface area contributed by atoms with E-state index >= 15 is 0 Å². The molecular weight excluding hydrogens is 572 g/mol. The number of methoxy groups -OCH3 is 1. The van der Waals surface area contributed by atoms with E-state index in [1.54, 1.807) is 60.7 Å². The molecule has 212 valence electrons. The summed E-state index contributed by atoms with van der Waals surface area (Å²) >= 11 is 0. The Labute approximate surface area is 242 Å². The number of benzene rings is 4. The van der Waals surface area contributed by atoms with Gasteiger partial charge in [0.05, 0.1) is 22.5 Å². The lowest BCUT2D eigenvalue weighted by Crippen LogP contribution is -2.08. The fourth-order valence-electron chi connectivity index (χ4n) is 5.18. The van der Waals surface area contributed by atoms with Crippen LogP contribution >= 0.6 is 0 Å². The monoisotopic (exact) mass is 598 g/mol. The summed E-state index contributed by atoms with van der Waals surface area (Å²) in [5.41, 5.74) is 2.88. The molecule has 0 aliphatic rings. The van der Waals surface area contributed by atoms with Gasteiger partial charge in [0.25, 0.3) is 0 Å². The third-order valence-electron chi connectivity index (χ3n) is 7.32. The van der Waals surface area contributed by atoms with E-state index in [1.807, 2.05) is 13.8 Å². The van der Waals surface area contributed by atoms with Gasteiger partial charge in [0.2, 0.25) is 19.7 Å². The van der Waals surface area contributed by atoms with E-state index in [-0.39, 0.29) is 41.9 Å². The zero-order valence-electron chi connectivity index (χ0n) is 22.9. The van der Waals surface area contributed by atoms with Crippen LogP contribution in [0.4, 0.5) is 0 Å². The van der Waals surface area contributed by atoms with Crippen LogP contribution in [0.25, 0.3) is 32.9 Å². The average molecular weight is 599 g/mol. The van der Waals surface area contributed by atoms with Gasteiger partial charge in [-0.3, -0.25) is 0 Å². The van der Waals surface area contributed by atoms with Crippen LogP contribution in [0.1, 0.15) is 21.5 Å². The largest absolute Gasteiger partial charge is 0.465 e. The standard InChI is InChI=1S/C32H26N2O6S2/c1-19-11-15-21(16-12-19)41(36,37)30-28(23-7-4-5-9-25(23)33-30)29-27-24(32(35)40-3)8-6-10-26(27)34-31(29)42(38,39)22-17-13-20(2)14-18-22/h4-18,33-34H,1-3H3.